The van der Waals surface area contributed by atoms with Crippen LogP contribution >= 0.6 is 0 Å². The summed E-state index contributed by atoms with van der Waals surface area (Å²) in [6.07, 6.45) is 1.13. The highest BCUT2D eigenvalue weighted by Gasteiger charge is 2.22. The maximum Gasteiger partial charge on any atom is 0.239 e. The Balaban J connectivity index is 2.09. The number of rotatable bonds is 2. The minimum absolute atomic E-state index is 0.00347. The summed E-state index contributed by atoms with van der Waals surface area (Å²) in [7, 11) is 1.87. The predicted molar refractivity (Wildman–Crippen MR) is 70.6 cm³/mol. The normalized spacial score (nSPS) is 16.2. The molecule has 0 aliphatic carbocycles. The van der Waals surface area contributed by atoms with Gasteiger partial charge in [-0.15, -0.1) is 0 Å². The molecule has 1 N–H and O–H groups in total. The van der Waals surface area contributed by atoms with E-state index in [1.54, 1.807) is 9.58 Å². The highest BCUT2D eigenvalue weighted by molar-refractivity contribution is 5.86. The van der Waals surface area contributed by atoms with Crippen molar-refractivity contribution in [2.75, 3.05) is 19.6 Å². The summed E-state index contributed by atoms with van der Waals surface area (Å²) in [4.78, 5) is 25.4. The van der Waals surface area contributed by atoms with Gasteiger partial charge in [-0.25, -0.2) is 0 Å². The van der Waals surface area contributed by atoms with Gasteiger partial charge in [0.25, 0.3) is 0 Å². The van der Waals surface area contributed by atoms with E-state index < -0.39 is 0 Å². The van der Waals surface area contributed by atoms with Crippen LogP contribution in [0.4, 0.5) is 0 Å². The first-order chi connectivity index (χ1) is 8.99. The van der Waals surface area contributed by atoms with Crippen LogP contribution in [0.3, 0.4) is 0 Å². The molecule has 0 aromatic carbocycles. The van der Waals surface area contributed by atoms with Crippen LogP contribution in [-0.4, -0.2) is 46.1 Å². The van der Waals surface area contributed by atoms with Gasteiger partial charge in [0, 0.05) is 31.4 Å². The zero-order valence-electron chi connectivity index (χ0n) is 11.7. The van der Waals surface area contributed by atoms with Gasteiger partial charge in [0.15, 0.2) is 0 Å². The van der Waals surface area contributed by atoms with Crippen LogP contribution in [0.15, 0.2) is 0 Å². The molecule has 0 saturated carbocycles. The lowest BCUT2D eigenvalue weighted by Crippen LogP contribution is -2.38. The van der Waals surface area contributed by atoms with Crippen LogP contribution in [-0.2, 0) is 23.1 Å². The molecular weight excluding hydrogens is 244 g/mol. The van der Waals surface area contributed by atoms with Crippen LogP contribution in [0.25, 0.3) is 0 Å². The van der Waals surface area contributed by atoms with E-state index in [1.807, 2.05) is 20.9 Å². The lowest BCUT2D eigenvalue weighted by Gasteiger charge is -2.19. The number of carbonyl (C=O) groups excluding carboxylic acids is 2. The molecule has 19 heavy (non-hydrogen) atoms. The SMILES string of the molecule is Cc1nn(C)c(C)c1CC(=O)N1CCCNC(=O)C1. The number of amides is 2. The predicted octanol–water partition coefficient (Wildman–Crippen LogP) is -0.0721. The molecule has 2 rings (SSSR count). The second-order valence-electron chi connectivity index (χ2n) is 4.97. The largest absolute Gasteiger partial charge is 0.354 e. The van der Waals surface area contributed by atoms with Gasteiger partial charge in [0.1, 0.15) is 0 Å². The van der Waals surface area contributed by atoms with Gasteiger partial charge in [-0.05, 0) is 20.3 Å². The van der Waals surface area contributed by atoms with E-state index in [4.69, 9.17) is 0 Å². The van der Waals surface area contributed by atoms with E-state index in [0.29, 0.717) is 19.5 Å². The highest BCUT2D eigenvalue weighted by atomic mass is 16.2. The molecule has 6 nitrogen and oxygen atoms in total. The number of carbonyl (C=O) groups is 2. The molecule has 1 fully saturated rings. The summed E-state index contributed by atoms with van der Waals surface area (Å²) in [5.74, 6) is -0.0817. The Morgan fingerprint density at radius 2 is 2.16 bits per heavy atom. The molecule has 6 heteroatoms. The maximum absolute atomic E-state index is 12.3. The maximum atomic E-state index is 12.3. The molecule has 0 bridgehead atoms. The van der Waals surface area contributed by atoms with Crippen molar-refractivity contribution in [2.45, 2.75) is 26.7 Å². The van der Waals surface area contributed by atoms with Crippen LogP contribution in [0, 0.1) is 13.8 Å². The molecule has 0 atom stereocenters. The Morgan fingerprint density at radius 1 is 1.42 bits per heavy atom. The molecular formula is C13H20N4O2. The van der Waals surface area contributed by atoms with Gasteiger partial charge in [0.05, 0.1) is 18.7 Å². The Bertz CT molecular complexity index is 507. The molecule has 104 valence electrons. The Morgan fingerprint density at radius 3 is 2.79 bits per heavy atom. The fourth-order valence-corrected chi connectivity index (χ4v) is 2.36. The Labute approximate surface area is 112 Å². The number of aryl methyl sites for hydroxylation is 2. The van der Waals surface area contributed by atoms with Gasteiger partial charge >= 0.3 is 0 Å². The average Bonchev–Trinajstić information content (AvgIpc) is 2.57. The van der Waals surface area contributed by atoms with E-state index >= 15 is 0 Å². The fourth-order valence-electron chi connectivity index (χ4n) is 2.36. The van der Waals surface area contributed by atoms with Crippen molar-refractivity contribution in [2.24, 2.45) is 7.05 Å². The molecule has 2 amide bonds. The number of aromatic nitrogens is 2. The van der Waals surface area contributed by atoms with Crippen LogP contribution in [0.5, 0.6) is 0 Å². The summed E-state index contributed by atoms with van der Waals surface area (Å²) in [6, 6.07) is 0. The van der Waals surface area contributed by atoms with Crippen molar-refractivity contribution < 1.29 is 9.59 Å². The lowest BCUT2D eigenvalue weighted by atomic mass is 10.1. The Hall–Kier alpha value is -1.85. The molecule has 1 saturated heterocycles. The third kappa shape index (κ3) is 2.94. The lowest BCUT2D eigenvalue weighted by molar-refractivity contribution is -0.134. The van der Waals surface area contributed by atoms with Crippen molar-refractivity contribution in [3.8, 4) is 0 Å². The fraction of sp³-hybridized carbons (Fsp3) is 0.615. The van der Waals surface area contributed by atoms with Gasteiger partial charge in [-0.3, -0.25) is 14.3 Å². The van der Waals surface area contributed by atoms with Gasteiger partial charge < -0.3 is 10.2 Å². The molecule has 1 aromatic rings. The monoisotopic (exact) mass is 264 g/mol. The first kappa shape index (κ1) is 13.6. The first-order valence-electron chi connectivity index (χ1n) is 6.52. The molecule has 0 radical (unpaired) electrons. The van der Waals surface area contributed by atoms with Crippen molar-refractivity contribution >= 4 is 11.8 Å². The number of nitrogens with one attached hydrogen (secondary N) is 1. The van der Waals surface area contributed by atoms with E-state index in [2.05, 4.69) is 10.4 Å². The topological polar surface area (TPSA) is 67.2 Å². The molecule has 1 aromatic heterocycles. The molecule has 0 unspecified atom stereocenters. The smallest absolute Gasteiger partial charge is 0.239 e. The number of hydrogen-bond acceptors (Lipinski definition) is 3. The minimum Gasteiger partial charge on any atom is -0.354 e. The number of nitrogens with zero attached hydrogens (tertiary/aromatic N) is 3. The van der Waals surface area contributed by atoms with E-state index in [0.717, 1.165) is 23.4 Å². The summed E-state index contributed by atoms with van der Waals surface area (Å²) < 4.78 is 1.78. The minimum atomic E-state index is -0.0783. The second kappa shape index (κ2) is 5.42. The standard InChI is InChI=1S/C13H20N4O2/c1-9-11(10(2)16(3)15-9)7-13(19)17-6-4-5-14-12(18)8-17/h4-8H2,1-3H3,(H,14,18). The zero-order valence-corrected chi connectivity index (χ0v) is 11.7. The third-order valence-corrected chi connectivity index (χ3v) is 3.60. The van der Waals surface area contributed by atoms with E-state index in [1.165, 1.54) is 0 Å². The van der Waals surface area contributed by atoms with Gasteiger partial charge in [-0.2, -0.15) is 5.10 Å². The Kier molecular flexibility index (Phi) is 3.87. The van der Waals surface area contributed by atoms with E-state index in [9.17, 15) is 9.59 Å². The van der Waals surface area contributed by atoms with Gasteiger partial charge in [0.2, 0.25) is 11.8 Å². The summed E-state index contributed by atoms with van der Waals surface area (Å²) in [6.45, 7) is 5.31. The summed E-state index contributed by atoms with van der Waals surface area (Å²) in [5.41, 5.74) is 2.86. The quantitative estimate of drug-likeness (QED) is 0.813. The molecule has 0 spiro atoms. The van der Waals surface area contributed by atoms with Crippen LogP contribution < -0.4 is 5.32 Å². The molecule has 2 heterocycles. The van der Waals surface area contributed by atoms with Crippen LogP contribution in [0.1, 0.15) is 23.4 Å². The molecule has 1 aliphatic rings. The van der Waals surface area contributed by atoms with Crippen molar-refractivity contribution in [3.63, 3.8) is 0 Å². The van der Waals surface area contributed by atoms with Crippen molar-refractivity contribution in [1.82, 2.24) is 20.0 Å². The van der Waals surface area contributed by atoms with E-state index in [-0.39, 0.29) is 18.4 Å². The third-order valence-electron chi connectivity index (χ3n) is 3.60. The van der Waals surface area contributed by atoms with Crippen molar-refractivity contribution in [3.05, 3.63) is 17.0 Å². The molecule has 1 aliphatic heterocycles. The van der Waals surface area contributed by atoms with Crippen molar-refractivity contribution in [1.29, 1.82) is 0 Å². The summed E-state index contributed by atoms with van der Waals surface area (Å²) in [5, 5.41) is 7.08. The highest BCUT2D eigenvalue weighted by Crippen LogP contribution is 2.14. The van der Waals surface area contributed by atoms with Crippen LogP contribution in [0.2, 0.25) is 0 Å². The first-order valence-corrected chi connectivity index (χ1v) is 6.52. The average molecular weight is 264 g/mol. The number of hydrogen-bond donors (Lipinski definition) is 1. The summed E-state index contributed by atoms with van der Waals surface area (Å²) >= 11 is 0. The second-order valence-corrected chi connectivity index (χ2v) is 4.97. The zero-order chi connectivity index (χ0) is 14.0. The van der Waals surface area contributed by atoms with Gasteiger partial charge in [-0.1, -0.05) is 0 Å².